The van der Waals surface area contributed by atoms with Gasteiger partial charge in [0.1, 0.15) is 6.61 Å². The summed E-state index contributed by atoms with van der Waals surface area (Å²) in [4.78, 5) is 13.7. The molecule has 1 saturated carbocycles. The molecule has 0 radical (unpaired) electrons. The molecule has 2 aliphatic rings. The molecule has 4 heteroatoms. The first-order valence-electron chi connectivity index (χ1n) is 6.47. The first-order valence-corrected chi connectivity index (χ1v) is 6.47. The van der Waals surface area contributed by atoms with Crippen molar-refractivity contribution in [3.8, 4) is 0 Å². The molecule has 1 aromatic carbocycles. The highest BCUT2D eigenvalue weighted by Crippen LogP contribution is 2.43. The normalized spacial score (nSPS) is 29.6. The van der Waals surface area contributed by atoms with E-state index in [1.165, 1.54) is 0 Å². The molecule has 4 nitrogen and oxygen atoms in total. The van der Waals surface area contributed by atoms with Gasteiger partial charge in [-0.3, -0.25) is 0 Å². The van der Waals surface area contributed by atoms with Gasteiger partial charge in [0.25, 0.3) is 0 Å². The molecule has 1 aliphatic carbocycles. The van der Waals surface area contributed by atoms with Gasteiger partial charge in [-0.2, -0.15) is 0 Å². The van der Waals surface area contributed by atoms with Crippen molar-refractivity contribution in [2.45, 2.75) is 19.1 Å². The van der Waals surface area contributed by atoms with E-state index in [4.69, 9.17) is 10.5 Å². The number of hydrogen-bond donors (Lipinski definition) is 1. The molecule has 3 unspecified atom stereocenters. The maximum atomic E-state index is 11.9. The Kier molecular flexibility index (Phi) is 2.96. The lowest BCUT2D eigenvalue weighted by atomic mass is 10.1. The first kappa shape index (κ1) is 11.5. The van der Waals surface area contributed by atoms with Gasteiger partial charge in [0.2, 0.25) is 0 Å². The molecule has 2 N–H and O–H groups in total. The highest BCUT2D eigenvalue weighted by Gasteiger charge is 2.51. The molecule has 1 amide bonds. The smallest absolute Gasteiger partial charge is 0.410 e. The van der Waals surface area contributed by atoms with E-state index in [0.717, 1.165) is 25.1 Å². The number of hydrogen-bond acceptors (Lipinski definition) is 3. The molecule has 1 saturated heterocycles. The summed E-state index contributed by atoms with van der Waals surface area (Å²) in [6.45, 7) is 1.89. The van der Waals surface area contributed by atoms with E-state index >= 15 is 0 Å². The average molecular weight is 246 g/mol. The molecule has 18 heavy (non-hydrogen) atoms. The number of likely N-dealkylation sites (tertiary alicyclic amines) is 1. The van der Waals surface area contributed by atoms with Gasteiger partial charge in [-0.05, 0) is 23.8 Å². The lowest BCUT2D eigenvalue weighted by Crippen LogP contribution is -2.37. The quantitative estimate of drug-likeness (QED) is 0.862. The molecular weight excluding hydrogens is 228 g/mol. The summed E-state index contributed by atoms with van der Waals surface area (Å²) < 4.78 is 5.32. The summed E-state index contributed by atoms with van der Waals surface area (Å²) in [5.41, 5.74) is 6.94. The molecular formula is C14H18N2O2. The van der Waals surface area contributed by atoms with Gasteiger partial charge in [0, 0.05) is 19.1 Å². The number of nitrogens with zero attached hydrogens (tertiary/aromatic N) is 1. The zero-order valence-electron chi connectivity index (χ0n) is 10.3. The highest BCUT2D eigenvalue weighted by molar-refractivity contribution is 5.68. The summed E-state index contributed by atoms with van der Waals surface area (Å²) in [5.74, 6) is 1.14. The van der Waals surface area contributed by atoms with Crippen molar-refractivity contribution >= 4 is 6.09 Å². The highest BCUT2D eigenvalue weighted by atomic mass is 16.6. The van der Waals surface area contributed by atoms with Crippen LogP contribution in [0.3, 0.4) is 0 Å². The molecule has 3 atom stereocenters. The Bertz CT molecular complexity index is 435. The van der Waals surface area contributed by atoms with Crippen molar-refractivity contribution < 1.29 is 9.53 Å². The topological polar surface area (TPSA) is 55.6 Å². The predicted molar refractivity (Wildman–Crippen MR) is 67.8 cm³/mol. The van der Waals surface area contributed by atoms with Gasteiger partial charge in [-0.25, -0.2) is 4.79 Å². The van der Waals surface area contributed by atoms with Crippen LogP contribution in [0.2, 0.25) is 0 Å². The summed E-state index contributed by atoms with van der Waals surface area (Å²) >= 11 is 0. The van der Waals surface area contributed by atoms with Gasteiger partial charge in [-0.1, -0.05) is 30.3 Å². The minimum absolute atomic E-state index is 0.212. The van der Waals surface area contributed by atoms with Crippen molar-refractivity contribution in [1.29, 1.82) is 0 Å². The van der Waals surface area contributed by atoms with Gasteiger partial charge in [0.05, 0.1) is 0 Å². The maximum absolute atomic E-state index is 11.9. The SMILES string of the molecule is NC1C2CCN(C(=O)OCc3ccccc3)CC12. The third-order valence-corrected chi connectivity index (χ3v) is 4.02. The standard InChI is InChI=1S/C14H18N2O2/c15-13-11-6-7-16(8-12(11)13)14(17)18-9-10-4-2-1-3-5-10/h1-5,11-13H,6-9,15H2. The lowest BCUT2D eigenvalue weighted by molar-refractivity contribution is 0.0878. The minimum Gasteiger partial charge on any atom is -0.445 e. The van der Waals surface area contributed by atoms with Gasteiger partial charge in [-0.15, -0.1) is 0 Å². The van der Waals surface area contributed by atoms with Crippen LogP contribution in [0.1, 0.15) is 12.0 Å². The zero-order valence-corrected chi connectivity index (χ0v) is 10.3. The second-order valence-electron chi connectivity index (χ2n) is 5.18. The maximum Gasteiger partial charge on any atom is 0.410 e. The molecule has 0 aromatic heterocycles. The van der Waals surface area contributed by atoms with Crippen LogP contribution in [0, 0.1) is 11.8 Å². The fourth-order valence-electron chi connectivity index (χ4n) is 2.77. The Morgan fingerprint density at radius 3 is 2.83 bits per heavy atom. The Balaban J connectivity index is 1.50. The molecule has 3 rings (SSSR count). The Morgan fingerprint density at radius 2 is 2.11 bits per heavy atom. The second kappa shape index (κ2) is 4.61. The number of fused-ring (bicyclic) bond motifs is 1. The predicted octanol–water partition coefficient (Wildman–Crippen LogP) is 1.60. The summed E-state index contributed by atoms with van der Waals surface area (Å²) in [6, 6.07) is 10.0. The fourth-order valence-corrected chi connectivity index (χ4v) is 2.77. The van der Waals surface area contributed by atoms with Crippen LogP contribution in [0.5, 0.6) is 0 Å². The van der Waals surface area contributed by atoms with Crippen LogP contribution in [0.15, 0.2) is 30.3 Å². The van der Waals surface area contributed by atoms with Crippen LogP contribution < -0.4 is 5.73 Å². The number of ether oxygens (including phenoxy) is 1. The van der Waals surface area contributed by atoms with Crippen molar-refractivity contribution in [3.05, 3.63) is 35.9 Å². The molecule has 1 heterocycles. The second-order valence-corrected chi connectivity index (χ2v) is 5.18. The Hall–Kier alpha value is -1.55. The van der Waals surface area contributed by atoms with Crippen LogP contribution in [-0.2, 0) is 11.3 Å². The number of nitrogens with two attached hydrogens (primary N) is 1. The molecule has 1 aliphatic heterocycles. The number of carbonyl (C=O) groups excluding carboxylic acids is 1. The summed E-state index contributed by atoms with van der Waals surface area (Å²) in [6.07, 6.45) is 0.808. The minimum atomic E-state index is -0.212. The number of piperidine rings is 1. The molecule has 0 spiro atoms. The van der Waals surface area contributed by atoms with Crippen molar-refractivity contribution in [2.75, 3.05) is 13.1 Å². The van der Waals surface area contributed by atoms with Crippen molar-refractivity contribution in [2.24, 2.45) is 17.6 Å². The first-order chi connectivity index (χ1) is 8.75. The van der Waals surface area contributed by atoms with E-state index in [1.807, 2.05) is 30.3 Å². The molecule has 0 bridgehead atoms. The van der Waals surface area contributed by atoms with E-state index in [-0.39, 0.29) is 6.09 Å². The van der Waals surface area contributed by atoms with E-state index in [9.17, 15) is 4.79 Å². The van der Waals surface area contributed by atoms with Crippen molar-refractivity contribution in [3.63, 3.8) is 0 Å². The van der Waals surface area contributed by atoms with Crippen molar-refractivity contribution in [1.82, 2.24) is 4.90 Å². The lowest BCUT2D eigenvalue weighted by Gasteiger charge is -2.25. The zero-order chi connectivity index (χ0) is 12.5. The van der Waals surface area contributed by atoms with Crippen LogP contribution in [0.4, 0.5) is 4.79 Å². The molecule has 96 valence electrons. The Labute approximate surface area is 107 Å². The fraction of sp³-hybridized carbons (Fsp3) is 0.500. The van der Waals surface area contributed by atoms with Gasteiger partial charge >= 0.3 is 6.09 Å². The van der Waals surface area contributed by atoms with Crippen LogP contribution in [-0.4, -0.2) is 30.1 Å². The van der Waals surface area contributed by atoms with E-state index in [2.05, 4.69) is 0 Å². The number of rotatable bonds is 2. The van der Waals surface area contributed by atoms with E-state index in [0.29, 0.717) is 24.5 Å². The number of benzene rings is 1. The van der Waals surface area contributed by atoms with Crippen LogP contribution in [0.25, 0.3) is 0 Å². The summed E-state index contributed by atoms with van der Waals surface area (Å²) in [5, 5.41) is 0. The van der Waals surface area contributed by atoms with Gasteiger partial charge < -0.3 is 15.4 Å². The van der Waals surface area contributed by atoms with Gasteiger partial charge in [0.15, 0.2) is 0 Å². The number of carbonyl (C=O) groups is 1. The third-order valence-electron chi connectivity index (χ3n) is 4.02. The monoisotopic (exact) mass is 246 g/mol. The largest absolute Gasteiger partial charge is 0.445 e. The molecule has 2 fully saturated rings. The van der Waals surface area contributed by atoms with E-state index < -0.39 is 0 Å². The summed E-state index contributed by atoms with van der Waals surface area (Å²) in [7, 11) is 0. The van der Waals surface area contributed by atoms with Crippen LogP contribution >= 0.6 is 0 Å². The third kappa shape index (κ3) is 2.20. The average Bonchev–Trinajstić information content (AvgIpc) is 3.07. The van der Waals surface area contributed by atoms with E-state index in [1.54, 1.807) is 4.90 Å². The molecule has 1 aromatic rings. The Morgan fingerprint density at radius 1 is 1.33 bits per heavy atom. The number of amides is 1.